The number of rotatable bonds is 3. The molecule has 0 radical (unpaired) electrons. The topological polar surface area (TPSA) is 90.4 Å². The van der Waals surface area contributed by atoms with Crippen molar-refractivity contribution in [1.29, 1.82) is 5.26 Å². The molecule has 32 heavy (non-hydrogen) atoms. The highest BCUT2D eigenvalue weighted by atomic mass is 19.4. The first kappa shape index (κ1) is 21.3. The molecule has 7 atom stereocenters. The van der Waals surface area contributed by atoms with Crippen molar-refractivity contribution >= 4 is 11.8 Å². The van der Waals surface area contributed by atoms with E-state index in [1.807, 2.05) is 0 Å². The fourth-order valence-corrected chi connectivity index (χ4v) is 6.06. The third-order valence-corrected chi connectivity index (χ3v) is 7.76. The number of piperidine rings is 2. The SMILES string of the molecule is N#CC1CC2CC2N1C(=O)[C@@H](N)C1CC2CC[C@@H](C1)N2C(=O)c1ccc(C(F)(F)F)cc1. The highest BCUT2D eigenvalue weighted by Crippen LogP contribution is 2.48. The van der Waals surface area contributed by atoms with E-state index in [1.54, 1.807) is 9.80 Å². The number of nitrogens with two attached hydrogens (primary N) is 1. The van der Waals surface area contributed by atoms with Crippen LogP contribution < -0.4 is 5.73 Å². The van der Waals surface area contributed by atoms with Crippen LogP contribution in [0.5, 0.6) is 0 Å². The van der Waals surface area contributed by atoms with Crippen molar-refractivity contribution in [3.63, 3.8) is 0 Å². The van der Waals surface area contributed by atoms with Crippen LogP contribution in [0.2, 0.25) is 0 Å². The number of nitriles is 1. The molecule has 1 aromatic rings. The lowest BCUT2D eigenvalue weighted by Gasteiger charge is -2.41. The van der Waals surface area contributed by atoms with E-state index in [4.69, 9.17) is 5.73 Å². The van der Waals surface area contributed by atoms with E-state index in [1.165, 1.54) is 12.1 Å². The first-order valence-electron chi connectivity index (χ1n) is 11.2. The molecular weight excluding hydrogens is 421 g/mol. The third-order valence-electron chi connectivity index (χ3n) is 7.76. The van der Waals surface area contributed by atoms with Gasteiger partial charge in [-0.25, -0.2) is 0 Å². The maximum atomic E-state index is 13.1. The lowest BCUT2D eigenvalue weighted by atomic mass is 9.84. The van der Waals surface area contributed by atoms with Crippen molar-refractivity contribution in [3.8, 4) is 6.07 Å². The fourth-order valence-electron chi connectivity index (χ4n) is 6.06. The number of likely N-dealkylation sites (tertiary alicyclic amines) is 1. The number of nitrogens with zero attached hydrogens (tertiary/aromatic N) is 3. The molecule has 1 aromatic carbocycles. The van der Waals surface area contributed by atoms with Crippen molar-refractivity contribution in [2.24, 2.45) is 17.6 Å². The zero-order valence-corrected chi connectivity index (χ0v) is 17.5. The van der Waals surface area contributed by atoms with Gasteiger partial charge in [-0.05, 0) is 74.6 Å². The number of carbonyl (C=O) groups excluding carboxylic acids is 2. The van der Waals surface area contributed by atoms with Crippen LogP contribution in [-0.2, 0) is 11.0 Å². The Balaban J connectivity index is 1.27. The standard InChI is InChI=1S/C23H25F3N4O2/c24-23(25,26)15-3-1-12(2-4-15)21(31)29-16-5-6-17(29)9-14(8-16)20(28)22(32)30-18(11-27)7-13-10-19(13)30/h1-4,13-14,16-20H,5-10,28H2/t13?,14?,16-,17?,18?,19?,20-/m0/s1. The van der Waals surface area contributed by atoms with Gasteiger partial charge >= 0.3 is 6.18 Å². The molecule has 0 aromatic heterocycles. The minimum Gasteiger partial charge on any atom is -0.333 e. The smallest absolute Gasteiger partial charge is 0.333 e. The number of hydrogen-bond donors (Lipinski definition) is 1. The van der Waals surface area contributed by atoms with E-state index in [0.29, 0.717) is 18.8 Å². The van der Waals surface area contributed by atoms with Crippen LogP contribution in [-0.4, -0.2) is 51.8 Å². The Morgan fingerprint density at radius 2 is 1.66 bits per heavy atom. The van der Waals surface area contributed by atoms with Crippen LogP contribution in [0.1, 0.15) is 54.4 Å². The van der Waals surface area contributed by atoms with Crippen molar-refractivity contribution in [1.82, 2.24) is 9.80 Å². The molecule has 3 heterocycles. The van der Waals surface area contributed by atoms with E-state index in [0.717, 1.165) is 37.8 Å². The summed E-state index contributed by atoms with van der Waals surface area (Å²) in [6.07, 6.45) is 0.00612. The molecule has 1 saturated carbocycles. The van der Waals surface area contributed by atoms with Gasteiger partial charge < -0.3 is 15.5 Å². The van der Waals surface area contributed by atoms with Gasteiger partial charge in [0.15, 0.2) is 0 Å². The van der Waals surface area contributed by atoms with Gasteiger partial charge in [-0.2, -0.15) is 18.4 Å². The van der Waals surface area contributed by atoms with E-state index in [-0.39, 0.29) is 41.4 Å². The van der Waals surface area contributed by atoms with Gasteiger partial charge in [-0.15, -0.1) is 0 Å². The molecule has 5 rings (SSSR count). The molecule has 9 heteroatoms. The average molecular weight is 446 g/mol. The molecule has 3 saturated heterocycles. The minimum absolute atomic E-state index is 0.0752. The summed E-state index contributed by atoms with van der Waals surface area (Å²) in [5, 5.41) is 9.38. The molecule has 3 aliphatic heterocycles. The zero-order valence-electron chi connectivity index (χ0n) is 17.5. The van der Waals surface area contributed by atoms with Crippen molar-refractivity contribution in [2.75, 3.05) is 0 Å². The van der Waals surface area contributed by atoms with Crippen molar-refractivity contribution in [2.45, 2.75) is 74.9 Å². The molecule has 170 valence electrons. The summed E-state index contributed by atoms with van der Waals surface area (Å²) in [5.74, 6) is -0.0769. The van der Waals surface area contributed by atoms with E-state index in [2.05, 4.69) is 6.07 Å². The minimum atomic E-state index is -4.44. The Bertz CT molecular complexity index is 959. The maximum Gasteiger partial charge on any atom is 0.416 e. The number of carbonyl (C=O) groups is 2. The molecule has 5 unspecified atom stereocenters. The van der Waals surface area contributed by atoms with Crippen LogP contribution in [0.15, 0.2) is 24.3 Å². The number of hydrogen-bond acceptors (Lipinski definition) is 4. The Kier molecular flexibility index (Phi) is 4.97. The predicted molar refractivity (Wildman–Crippen MR) is 108 cm³/mol. The maximum absolute atomic E-state index is 13.1. The number of fused-ring (bicyclic) bond motifs is 3. The first-order chi connectivity index (χ1) is 15.2. The molecule has 6 nitrogen and oxygen atoms in total. The molecule has 4 aliphatic rings. The Morgan fingerprint density at radius 1 is 1.03 bits per heavy atom. The van der Waals surface area contributed by atoms with Gasteiger partial charge in [0.25, 0.3) is 5.91 Å². The summed E-state index contributed by atoms with van der Waals surface area (Å²) in [5.41, 5.74) is 5.86. The largest absolute Gasteiger partial charge is 0.416 e. The highest BCUT2D eigenvalue weighted by Gasteiger charge is 2.56. The average Bonchev–Trinajstić information content (AvgIpc) is 3.36. The van der Waals surface area contributed by atoms with Gasteiger partial charge in [0.1, 0.15) is 6.04 Å². The van der Waals surface area contributed by atoms with Gasteiger partial charge in [-0.3, -0.25) is 9.59 Å². The van der Waals surface area contributed by atoms with Gasteiger partial charge in [0, 0.05) is 23.7 Å². The summed E-state index contributed by atoms with van der Waals surface area (Å²) in [7, 11) is 0. The molecule has 2 amide bonds. The normalized spacial score (nSPS) is 34.1. The van der Waals surface area contributed by atoms with E-state index < -0.39 is 23.8 Å². The summed E-state index contributed by atoms with van der Waals surface area (Å²) < 4.78 is 38.5. The van der Waals surface area contributed by atoms with E-state index >= 15 is 0 Å². The summed E-state index contributed by atoms with van der Waals surface area (Å²) >= 11 is 0. The highest BCUT2D eigenvalue weighted by molar-refractivity contribution is 5.95. The monoisotopic (exact) mass is 446 g/mol. The number of alkyl halides is 3. The lowest BCUT2D eigenvalue weighted by Crippen LogP contribution is -2.55. The summed E-state index contributed by atoms with van der Waals surface area (Å²) in [6, 6.07) is 5.45. The Hall–Kier alpha value is -2.60. The van der Waals surface area contributed by atoms with Gasteiger partial charge in [-0.1, -0.05) is 0 Å². The fraction of sp³-hybridized carbons (Fsp3) is 0.609. The molecular formula is C23H25F3N4O2. The van der Waals surface area contributed by atoms with Crippen LogP contribution in [0.3, 0.4) is 0 Å². The Morgan fingerprint density at radius 3 is 2.22 bits per heavy atom. The summed E-state index contributed by atoms with van der Waals surface area (Å²) in [4.78, 5) is 29.7. The zero-order chi connectivity index (χ0) is 22.8. The third kappa shape index (κ3) is 3.45. The molecule has 2 bridgehead atoms. The van der Waals surface area contributed by atoms with Crippen LogP contribution in [0, 0.1) is 23.2 Å². The first-order valence-corrected chi connectivity index (χ1v) is 11.2. The van der Waals surface area contributed by atoms with Gasteiger partial charge in [0.2, 0.25) is 5.91 Å². The number of benzene rings is 1. The second-order valence-corrected chi connectivity index (χ2v) is 9.62. The van der Waals surface area contributed by atoms with Crippen molar-refractivity contribution in [3.05, 3.63) is 35.4 Å². The molecule has 1 aliphatic carbocycles. The number of halogens is 3. The molecule has 4 fully saturated rings. The van der Waals surface area contributed by atoms with Crippen LogP contribution >= 0.6 is 0 Å². The van der Waals surface area contributed by atoms with Crippen LogP contribution in [0.4, 0.5) is 13.2 Å². The van der Waals surface area contributed by atoms with Crippen LogP contribution in [0.25, 0.3) is 0 Å². The Labute approximate surface area is 184 Å². The second-order valence-electron chi connectivity index (χ2n) is 9.62. The second kappa shape index (κ2) is 7.48. The molecule has 0 spiro atoms. The van der Waals surface area contributed by atoms with E-state index in [9.17, 15) is 28.0 Å². The quantitative estimate of drug-likeness (QED) is 0.773. The van der Waals surface area contributed by atoms with Gasteiger partial charge in [0.05, 0.1) is 17.7 Å². The lowest BCUT2D eigenvalue weighted by molar-refractivity contribution is -0.137. The van der Waals surface area contributed by atoms with Crippen molar-refractivity contribution < 1.29 is 22.8 Å². The number of amides is 2. The summed E-state index contributed by atoms with van der Waals surface area (Å²) in [6.45, 7) is 0. The predicted octanol–water partition coefficient (Wildman–Crippen LogP) is 2.93. The molecule has 2 N–H and O–H groups in total.